The molecule has 1 aromatic rings. The van der Waals surface area contributed by atoms with Gasteiger partial charge in [0.1, 0.15) is 5.82 Å². The molecule has 1 aromatic heterocycles. The predicted molar refractivity (Wildman–Crippen MR) is 76.2 cm³/mol. The molecule has 0 amide bonds. The highest BCUT2D eigenvalue weighted by atomic mass is 16.5. The van der Waals surface area contributed by atoms with Crippen molar-refractivity contribution in [1.29, 1.82) is 0 Å². The third kappa shape index (κ3) is 4.01. The van der Waals surface area contributed by atoms with E-state index in [1.54, 1.807) is 7.11 Å². The Morgan fingerprint density at radius 3 is 2.84 bits per heavy atom. The van der Waals surface area contributed by atoms with Gasteiger partial charge in [-0.05, 0) is 18.5 Å². The van der Waals surface area contributed by atoms with E-state index in [0.29, 0.717) is 0 Å². The lowest BCUT2D eigenvalue weighted by Crippen LogP contribution is -2.30. The number of nitrogens with zero attached hydrogens (tertiary/aromatic N) is 3. The van der Waals surface area contributed by atoms with E-state index >= 15 is 0 Å². The zero-order valence-corrected chi connectivity index (χ0v) is 11.7. The summed E-state index contributed by atoms with van der Waals surface area (Å²) in [5.74, 6) is 0.952. The molecule has 104 valence electrons. The molecule has 5 nitrogen and oxygen atoms in total. The summed E-state index contributed by atoms with van der Waals surface area (Å²) in [6.45, 7) is 6.42. The first-order valence-electron chi connectivity index (χ1n) is 6.77. The Kier molecular flexibility index (Phi) is 5.30. The lowest BCUT2D eigenvalue weighted by Gasteiger charge is -2.27. The summed E-state index contributed by atoms with van der Waals surface area (Å²) in [5.41, 5.74) is 2.36. The lowest BCUT2D eigenvalue weighted by atomic mass is 10.1. The number of hydrogen-bond donors (Lipinski definition) is 1. The second-order valence-corrected chi connectivity index (χ2v) is 4.64. The normalized spacial score (nSPS) is 15.5. The van der Waals surface area contributed by atoms with Gasteiger partial charge in [0.2, 0.25) is 0 Å². The summed E-state index contributed by atoms with van der Waals surface area (Å²) < 4.78 is 5.15. The van der Waals surface area contributed by atoms with Gasteiger partial charge in [0.05, 0.1) is 24.7 Å². The fourth-order valence-electron chi connectivity index (χ4n) is 2.09. The molecule has 0 unspecified atom stereocenters. The molecular weight excluding hydrogens is 240 g/mol. The number of rotatable bonds is 6. The van der Waals surface area contributed by atoms with Gasteiger partial charge in [0.25, 0.3) is 0 Å². The average Bonchev–Trinajstić information content (AvgIpc) is 2.47. The second kappa shape index (κ2) is 7.21. The average molecular weight is 262 g/mol. The standard InChI is InChI=1S/C14H22N4O/c1-3-15-8-13-9-17-14(10-16-13)18-6-4-12(5-7-18)11-19-2/h4,9-10,15H,3,5-8,11H2,1-2H3. The van der Waals surface area contributed by atoms with Gasteiger partial charge in [-0.2, -0.15) is 0 Å². The summed E-state index contributed by atoms with van der Waals surface area (Å²) in [7, 11) is 1.74. The van der Waals surface area contributed by atoms with Crippen molar-refractivity contribution in [2.24, 2.45) is 0 Å². The molecular formula is C14H22N4O. The monoisotopic (exact) mass is 262 g/mol. The Morgan fingerprint density at radius 2 is 2.26 bits per heavy atom. The third-order valence-electron chi connectivity index (χ3n) is 3.20. The van der Waals surface area contributed by atoms with Crippen LogP contribution in [0, 0.1) is 0 Å². The smallest absolute Gasteiger partial charge is 0.147 e. The van der Waals surface area contributed by atoms with Gasteiger partial charge in [-0.15, -0.1) is 0 Å². The van der Waals surface area contributed by atoms with Gasteiger partial charge >= 0.3 is 0 Å². The molecule has 1 aliphatic heterocycles. The Morgan fingerprint density at radius 1 is 1.37 bits per heavy atom. The number of aromatic nitrogens is 2. The van der Waals surface area contributed by atoms with Crippen molar-refractivity contribution in [3.05, 3.63) is 29.7 Å². The van der Waals surface area contributed by atoms with Crippen LogP contribution in [0.5, 0.6) is 0 Å². The van der Waals surface area contributed by atoms with E-state index in [9.17, 15) is 0 Å². The first-order chi connectivity index (χ1) is 9.33. The Labute approximate surface area is 114 Å². The van der Waals surface area contributed by atoms with E-state index in [0.717, 1.165) is 50.7 Å². The van der Waals surface area contributed by atoms with Crippen LogP contribution in [0.1, 0.15) is 19.0 Å². The van der Waals surface area contributed by atoms with Crippen LogP contribution in [0.2, 0.25) is 0 Å². The summed E-state index contributed by atoms with van der Waals surface area (Å²) in [6, 6.07) is 0. The molecule has 2 rings (SSSR count). The zero-order valence-electron chi connectivity index (χ0n) is 11.7. The molecule has 0 radical (unpaired) electrons. The Bertz CT molecular complexity index is 416. The van der Waals surface area contributed by atoms with Gasteiger partial charge in [0, 0.05) is 26.7 Å². The van der Waals surface area contributed by atoms with E-state index in [1.807, 2.05) is 12.4 Å². The summed E-state index contributed by atoms with van der Waals surface area (Å²) in [6.07, 6.45) is 6.98. The molecule has 0 spiro atoms. The lowest BCUT2D eigenvalue weighted by molar-refractivity contribution is 0.222. The van der Waals surface area contributed by atoms with Crippen molar-refractivity contribution in [3.63, 3.8) is 0 Å². The van der Waals surface area contributed by atoms with E-state index in [2.05, 4.69) is 33.2 Å². The van der Waals surface area contributed by atoms with Crippen molar-refractivity contribution in [2.75, 3.05) is 38.3 Å². The van der Waals surface area contributed by atoms with E-state index in [4.69, 9.17) is 4.74 Å². The van der Waals surface area contributed by atoms with Gasteiger partial charge in [-0.25, -0.2) is 4.98 Å². The van der Waals surface area contributed by atoms with Gasteiger partial charge in [-0.1, -0.05) is 13.0 Å². The minimum Gasteiger partial charge on any atom is -0.380 e. The second-order valence-electron chi connectivity index (χ2n) is 4.64. The molecule has 0 saturated carbocycles. The highest BCUT2D eigenvalue weighted by molar-refractivity contribution is 5.39. The molecule has 0 fully saturated rings. The fraction of sp³-hybridized carbons (Fsp3) is 0.571. The number of anilines is 1. The van der Waals surface area contributed by atoms with Crippen LogP contribution in [-0.2, 0) is 11.3 Å². The van der Waals surface area contributed by atoms with E-state index < -0.39 is 0 Å². The van der Waals surface area contributed by atoms with Crippen LogP contribution in [0.25, 0.3) is 0 Å². The van der Waals surface area contributed by atoms with Gasteiger partial charge in [-0.3, -0.25) is 4.98 Å². The number of methoxy groups -OCH3 is 1. The van der Waals surface area contributed by atoms with Crippen molar-refractivity contribution < 1.29 is 4.74 Å². The van der Waals surface area contributed by atoms with Gasteiger partial charge < -0.3 is 15.0 Å². The SMILES string of the molecule is CCNCc1cnc(N2CC=C(COC)CC2)cn1. The highest BCUT2D eigenvalue weighted by Gasteiger charge is 2.13. The number of nitrogens with one attached hydrogen (secondary N) is 1. The molecule has 0 bridgehead atoms. The predicted octanol–water partition coefficient (Wildman–Crippen LogP) is 1.37. The maximum Gasteiger partial charge on any atom is 0.147 e. The quantitative estimate of drug-likeness (QED) is 0.785. The summed E-state index contributed by atoms with van der Waals surface area (Å²) in [4.78, 5) is 11.2. The third-order valence-corrected chi connectivity index (χ3v) is 3.20. The molecule has 19 heavy (non-hydrogen) atoms. The van der Waals surface area contributed by atoms with Crippen LogP contribution >= 0.6 is 0 Å². The van der Waals surface area contributed by atoms with Crippen LogP contribution in [0.3, 0.4) is 0 Å². The minimum absolute atomic E-state index is 0.737. The van der Waals surface area contributed by atoms with Crippen molar-refractivity contribution in [3.8, 4) is 0 Å². The van der Waals surface area contributed by atoms with Crippen molar-refractivity contribution in [1.82, 2.24) is 15.3 Å². The molecule has 0 atom stereocenters. The first kappa shape index (κ1) is 14.0. The minimum atomic E-state index is 0.737. The van der Waals surface area contributed by atoms with Crippen LogP contribution in [0.4, 0.5) is 5.82 Å². The van der Waals surface area contributed by atoms with Gasteiger partial charge in [0.15, 0.2) is 0 Å². The fourth-order valence-corrected chi connectivity index (χ4v) is 2.09. The van der Waals surface area contributed by atoms with E-state index in [-0.39, 0.29) is 0 Å². The molecule has 0 aliphatic carbocycles. The molecule has 5 heteroatoms. The zero-order chi connectivity index (χ0) is 13.5. The largest absolute Gasteiger partial charge is 0.380 e. The molecule has 2 heterocycles. The summed E-state index contributed by atoms with van der Waals surface area (Å²) >= 11 is 0. The molecule has 0 saturated heterocycles. The molecule has 0 aromatic carbocycles. The van der Waals surface area contributed by atoms with Crippen molar-refractivity contribution in [2.45, 2.75) is 19.9 Å². The summed E-state index contributed by atoms with van der Waals surface area (Å²) in [5, 5.41) is 3.24. The topological polar surface area (TPSA) is 50.3 Å². The molecule has 1 aliphatic rings. The van der Waals surface area contributed by atoms with E-state index in [1.165, 1.54) is 5.57 Å². The molecule has 1 N–H and O–H groups in total. The maximum absolute atomic E-state index is 5.15. The van der Waals surface area contributed by atoms with Crippen LogP contribution in [0.15, 0.2) is 24.0 Å². The van der Waals surface area contributed by atoms with Crippen molar-refractivity contribution >= 4 is 5.82 Å². The highest BCUT2D eigenvalue weighted by Crippen LogP contribution is 2.16. The van der Waals surface area contributed by atoms with Crippen LogP contribution < -0.4 is 10.2 Å². The maximum atomic E-state index is 5.15. The van der Waals surface area contributed by atoms with Crippen LogP contribution in [-0.4, -0.2) is 43.3 Å². The number of hydrogen-bond acceptors (Lipinski definition) is 5. The number of ether oxygens (including phenoxy) is 1. The Hall–Kier alpha value is -1.46. The Balaban J connectivity index is 1.92. The first-order valence-corrected chi connectivity index (χ1v) is 6.77.